The van der Waals surface area contributed by atoms with Crippen LogP contribution in [0.25, 0.3) is 0 Å². The highest BCUT2D eigenvalue weighted by Crippen LogP contribution is 2.41. The fraction of sp³-hybridized carbons (Fsp3) is 0.320. The fourth-order valence-corrected chi connectivity index (χ4v) is 5.34. The molecule has 0 N–H and O–H groups in total. The second-order valence-corrected chi connectivity index (χ2v) is 9.25. The Bertz CT molecular complexity index is 1170. The van der Waals surface area contributed by atoms with Crippen molar-refractivity contribution in [3.63, 3.8) is 0 Å². The Labute approximate surface area is 210 Å². The Hall–Kier alpha value is -3.70. The van der Waals surface area contributed by atoms with Crippen molar-refractivity contribution >= 4 is 41.5 Å². The Morgan fingerprint density at radius 1 is 0.750 bits per heavy atom. The largest absolute Gasteiger partial charge is 0.456 e. The summed E-state index contributed by atoms with van der Waals surface area (Å²) in [6.45, 7) is 3.40. The number of esters is 3. The number of thioether (sulfide) groups is 1. The van der Waals surface area contributed by atoms with E-state index < -0.39 is 59.7 Å². The summed E-state index contributed by atoms with van der Waals surface area (Å²) >= 11 is 1.13. The molecule has 2 amide bonds. The average Bonchev–Trinajstić information content (AvgIpc) is 3.06. The Morgan fingerprint density at radius 3 is 1.78 bits per heavy atom. The van der Waals surface area contributed by atoms with E-state index in [1.54, 1.807) is 36.4 Å². The molecule has 0 aromatic heterocycles. The molecule has 10 nitrogen and oxygen atoms in total. The monoisotopic (exact) mass is 513 g/mol. The molecule has 0 spiro atoms. The molecular formula is C25H23NO9S. The molecule has 36 heavy (non-hydrogen) atoms. The molecule has 1 saturated heterocycles. The van der Waals surface area contributed by atoms with Gasteiger partial charge in [-0.15, -0.1) is 0 Å². The van der Waals surface area contributed by atoms with Crippen molar-refractivity contribution in [2.75, 3.05) is 0 Å². The molecule has 0 bridgehead atoms. The number of hydrogen-bond donors (Lipinski definition) is 0. The molecule has 2 heterocycles. The van der Waals surface area contributed by atoms with E-state index in [9.17, 15) is 24.0 Å². The first kappa shape index (κ1) is 25.4. The summed E-state index contributed by atoms with van der Waals surface area (Å²) in [5.74, 6) is -3.50. The van der Waals surface area contributed by atoms with Gasteiger partial charge in [-0.3, -0.25) is 28.9 Å². The molecule has 11 heteroatoms. The summed E-state index contributed by atoms with van der Waals surface area (Å²) in [6.07, 6.45) is -4.31. The van der Waals surface area contributed by atoms with Gasteiger partial charge in [0.15, 0.2) is 6.10 Å². The number of rotatable bonds is 6. The number of imide groups is 1. The van der Waals surface area contributed by atoms with Gasteiger partial charge >= 0.3 is 17.9 Å². The Morgan fingerprint density at radius 2 is 1.25 bits per heavy atom. The molecule has 1 unspecified atom stereocenters. The van der Waals surface area contributed by atoms with Gasteiger partial charge in [0.25, 0.3) is 11.8 Å². The molecule has 1 fully saturated rings. The molecule has 188 valence electrons. The number of benzene rings is 2. The first-order valence-electron chi connectivity index (χ1n) is 11.0. The number of hydrogen-bond acceptors (Lipinski definition) is 10. The lowest BCUT2D eigenvalue weighted by molar-refractivity contribution is -0.265. The van der Waals surface area contributed by atoms with Crippen LogP contribution in [0.5, 0.6) is 0 Å². The van der Waals surface area contributed by atoms with Crippen LogP contribution < -0.4 is 0 Å². The van der Waals surface area contributed by atoms with Gasteiger partial charge in [-0.25, -0.2) is 0 Å². The lowest BCUT2D eigenvalue weighted by Crippen LogP contribution is -2.66. The van der Waals surface area contributed by atoms with Crippen LogP contribution in [0.4, 0.5) is 0 Å². The molecule has 2 aromatic carbocycles. The van der Waals surface area contributed by atoms with Crippen molar-refractivity contribution in [3.8, 4) is 0 Å². The van der Waals surface area contributed by atoms with E-state index in [1.165, 1.54) is 12.1 Å². The number of carbonyl (C=O) groups is 5. The fourth-order valence-electron chi connectivity index (χ4n) is 4.17. The lowest BCUT2D eigenvalue weighted by atomic mass is 10.00. The van der Waals surface area contributed by atoms with Gasteiger partial charge in [0.2, 0.25) is 12.4 Å². The van der Waals surface area contributed by atoms with Crippen molar-refractivity contribution in [1.82, 2.24) is 4.90 Å². The van der Waals surface area contributed by atoms with Crippen molar-refractivity contribution in [3.05, 3.63) is 65.7 Å². The van der Waals surface area contributed by atoms with Crippen LogP contribution >= 0.6 is 11.8 Å². The SMILES string of the molecule is CC(=O)O[C@H]1OC(Sc2ccccc2)[C@H](N2C(=O)c3ccccc3C2=O)[C@@H](OC(C)=O)[C@@H]1OC(C)=O. The van der Waals surface area contributed by atoms with Crippen LogP contribution in [0.15, 0.2) is 59.5 Å². The summed E-state index contributed by atoms with van der Waals surface area (Å²) in [5.41, 5.74) is -0.701. The summed E-state index contributed by atoms with van der Waals surface area (Å²) in [6, 6.07) is 14.0. The van der Waals surface area contributed by atoms with E-state index in [2.05, 4.69) is 0 Å². The van der Waals surface area contributed by atoms with Crippen LogP contribution in [-0.2, 0) is 33.3 Å². The number of ether oxygens (including phenoxy) is 4. The third-order valence-electron chi connectivity index (χ3n) is 5.48. The van der Waals surface area contributed by atoms with Crippen LogP contribution in [0.3, 0.4) is 0 Å². The van der Waals surface area contributed by atoms with Gasteiger partial charge in [-0.05, 0) is 24.3 Å². The van der Waals surface area contributed by atoms with E-state index in [1.807, 2.05) is 6.07 Å². The minimum Gasteiger partial charge on any atom is -0.456 e. The number of nitrogens with zero attached hydrogens (tertiary/aromatic N) is 1. The maximum Gasteiger partial charge on any atom is 0.305 e. The Balaban J connectivity index is 1.83. The molecule has 0 radical (unpaired) electrons. The highest BCUT2D eigenvalue weighted by atomic mass is 32.2. The third-order valence-corrected chi connectivity index (χ3v) is 6.65. The third kappa shape index (κ3) is 5.12. The van der Waals surface area contributed by atoms with Crippen LogP contribution in [0.1, 0.15) is 41.5 Å². The van der Waals surface area contributed by atoms with Crippen LogP contribution in [-0.4, -0.2) is 64.6 Å². The molecule has 2 aliphatic rings. The quantitative estimate of drug-likeness (QED) is 0.323. The van der Waals surface area contributed by atoms with Gasteiger partial charge in [0.1, 0.15) is 11.5 Å². The first-order chi connectivity index (χ1) is 17.2. The van der Waals surface area contributed by atoms with Crippen LogP contribution in [0, 0.1) is 0 Å². The van der Waals surface area contributed by atoms with Crippen molar-refractivity contribution in [1.29, 1.82) is 0 Å². The van der Waals surface area contributed by atoms with E-state index in [4.69, 9.17) is 18.9 Å². The minimum absolute atomic E-state index is 0.179. The van der Waals surface area contributed by atoms with Crippen molar-refractivity contribution in [2.24, 2.45) is 0 Å². The molecule has 2 aliphatic heterocycles. The summed E-state index contributed by atoms with van der Waals surface area (Å²) < 4.78 is 22.3. The smallest absolute Gasteiger partial charge is 0.305 e. The molecule has 5 atom stereocenters. The maximum atomic E-state index is 13.4. The molecule has 2 aromatic rings. The van der Waals surface area contributed by atoms with E-state index in [0.29, 0.717) is 4.90 Å². The number of fused-ring (bicyclic) bond motifs is 1. The van der Waals surface area contributed by atoms with E-state index >= 15 is 0 Å². The average molecular weight is 514 g/mol. The zero-order valence-corrected chi connectivity index (χ0v) is 20.4. The van der Waals surface area contributed by atoms with Crippen molar-refractivity contribution in [2.45, 2.75) is 55.6 Å². The van der Waals surface area contributed by atoms with Gasteiger partial charge in [0.05, 0.1) is 11.1 Å². The predicted octanol–water partition coefficient (Wildman–Crippen LogP) is 2.55. The summed E-state index contributed by atoms with van der Waals surface area (Å²) in [5, 5.41) is 0. The Kier molecular flexibility index (Phi) is 7.41. The molecular weight excluding hydrogens is 490 g/mol. The highest BCUT2D eigenvalue weighted by Gasteiger charge is 2.57. The molecule has 0 aliphatic carbocycles. The van der Waals surface area contributed by atoms with Crippen LogP contribution in [0.2, 0.25) is 0 Å². The van der Waals surface area contributed by atoms with Gasteiger partial charge in [0, 0.05) is 25.7 Å². The number of carbonyl (C=O) groups excluding carboxylic acids is 5. The topological polar surface area (TPSA) is 126 Å². The van der Waals surface area contributed by atoms with Crippen molar-refractivity contribution < 1.29 is 42.9 Å². The highest BCUT2D eigenvalue weighted by molar-refractivity contribution is 7.99. The zero-order valence-electron chi connectivity index (χ0n) is 19.6. The second kappa shape index (κ2) is 10.5. The first-order valence-corrected chi connectivity index (χ1v) is 11.9. The van der Waals surface area contributed by atoms with E-state index in [0.717, 1.165) is 37.4 Å². The molecule has 0 saturated carbocycles. The standard InChI is InChI=1S/C25H23NO9S/c1-13(27)32-20-19(26-22(30)17-11-7-8-12-18(17)23(26)31)25(36-16-9-5-4-6-10-16)35-24(34-15(3)29)21(20)33-14(2)28/h4-12,19-21,24-25H,1-3H3/t19-,20-,21+,24+,25?/m1/s1. The van der Waals surface area contributed by atoms with Gasteiger partial charge in [-0.1, -0.05) is 42.1 Å². The summed E-state index contributed by atoms with van der Waals surface area (Å²) in [7, 11) is 0. The van der Waals surface area contributed by atoms with E-state index in [-0.39, 0.29) is 11.1 Å². The predicted molar refractivity (Wildman–Crippen MR) is 125 cm³/mol. The number of amides is 2. The van der Waals surface area contributed by atoms with Gasteiger partial charge < -0.3 is 18.9 Å². The minimum atomic E-state index is -1.47. The van der Waals surface area contributed by atoms with Gasteiger partial charge in [-0.2, -0.15) is 0 Å². The summed E-state index contributed by atoms with van der Waals surface area (Å²) in [4.78, 5) is 64.5. The maximum absolute atomic E-state index is 13.4. The normalized spacial score (nSPS) is 25.2. The molecule has 4 rings (SSSR count). The second-order valence-electron chi connectivity index (χ2n) is 8.08. The lowest BCUT2D eigenvalue weighted by Gasteiger charge is -2.46. The zero-order chi connectivity index (χ0) is 26.0.